The molecule has 1 N–H and O–H groups in total. The largest absolute Gasteiger partial charge is 0.374 e. The lowest BCUT2D eigenvalue weighted by atomic mass is 10.2. The van der Waals surface area contributed by atoms with Gasteiger partial charge >= 0.3 is 0 Å². The molecule has 0 spiro atoms. The van der Waals surface area contributed by atoms with Gasteiger partial charge in [0.1, 0.15) is 10.7 Å². The molecule has 0 aliphatic heterocycles. The van der Waals surface area contributed by atoms with Crippen molar-refractivity contribution in [2.24, 2.45) is 0 Å². The zero-order valence-electron chi connectivity index (χ0n) is 10.9. The minimum Gasteiger partial charge on any atom is -0.374 e. The van der Waals surface area contributed by atoms with E-state index in [1.54, 1.807) is 0 Å². The second-order valence-electron chi connectivity index (χ2n) is 4.14. The summed E-state index contributed by atoms with van der Waals surface area (Å²) in [7, 11) is 0. The van der Waals surface area contributed by atoms with E-state index in [2.05, 4.69) is 53.9 Å². The van der Waals surface area contributed by atoms with Crippen LogP contribution in [0.2, 0.25) is 0 Å². The van der Waals surface area contributed by atoms with Crippen LogP contribution in [0.4, 0.5) is 5.00 Å². The van der Waals surface area contributed by atoms with Crippen molar-refractivity contribution in [3.63, 3.8) is 0 Å². The standard InChI is InChI=1S/C13H17N3S2/c1-4-14-13-11(15-16-18-13)8-17-12-6-5-9(2)7-10(12)3/h5-7,14H,4,8H2,1-3H3. The number of thioether (sulfide) groups is 1. The molecule has 0 unspecified atom stereocenters. The fourth-order valence-electron chi connectivity index (χ4n) is 1.71. The van der Waals surface area contributed by atoms with Crippen LogP contribution in [0.3, 0.4) is 0 Å². The van der Waals surface area contributed by atoms with Gasteiger partial charge < -0.3 is 5.32 Å². The Balaban J connectivity index is 2.04. The third-order valence-corrected chi connectivity index (χ3v) is 4.50. The molecule has 0 fully saturated rings. The minimum absolute atomic E-state index is 0.864. The Morgan fingerprint density at radius 3 is 2.89 bits per heavy atom. The number of rotatable bonds is 5. The van der Waals surface area contributed by atoms with E-state index >= 15 is 0 Å². The second-order valence-corrected chi connectivity index (χ2v) is 5.91. The van der Waals surface area contributed by atoms with Crippen LogP contribution in [0.25, 0.3) is 0 Å². The van der Waals surface area contributed by atoms with E-state index in [1.165, 1.54) is 27.6 Å². The second kappa shape index (κ2) is 6.20. The molecule has 1 aromatic heterocycles. The van der Waals surface area contributed by atoms with E-state index < -0.39 is 0 Å². The molecule has 5 heteroatoms. The summed E-state index contributed by atoms with van der Waals surface area (Å²) in [6, 6.07) is 6.55. The molecule has 0 bridgehead atoms. The number of nitrogens with zero attached hydrogens (tertiary/aromatic N) is 2. The summed E-state index contributed by atoms with van der Waals surface area (Å²) >= 11 is 3.25. The van der Waals surface area contributed by atoms with Gasteiger partial charge in [-0.15, -0.1) is 16.9 Å². The number of nitrogens with one attached hydrogen (secondary N) is 1. The van der Waals surface area contributed by atoms with Crippen molar-refractivity contribution >= 4 is 28.3 Å². The molecular formula is C13H17N3S2. The first-order valence-electron chi connectivity index (χ1n) is 5.96. The molecule has 0 saturated heterocycles. The van der Waals surface area contributed by atoms with Crippen molar-refractivity contribution in [2.75, 3.05) is 11.9 Å². The number of aromatic nitrogens is 2. The van der Waals surface area contributed by atoms with E-state index in [1.807, 2.05) is 11.8 Å². The van der Waals surface area contributed by atoms with Crippen LogP contribution in [0, 0.1) is 13.8 Å². The Kier molecular flexibility index (Phi) is 4.60. The van der Waals surface area contributed by atoms with Crippen molar-refractivity contribution in [3.8, 4) is 0 Å². The molecular weight excluding hydrogens is 262 g/mol. The molecule has 1 heterocycles. The lowest BCUT2D eigenvalue weighted by Crippen LogP contribution is -1.97. The highest BCUT2D eigenvalue weighted by atomic mass is 32.2. The number of hydrogen-bond acceptors (Lipinski definition) is 5. The predicted octanol–water partition coefficient (Wildman–Crippen LogP) is 3.88. The molecule has 0 radical (unpaired) electrons. The number of anilines is 1. The van der Waals surface area contributed by atoms with Crippen LogP contribution in [0.15, 0.2) is 23.1 Å². The molecule has 96 valence electrons. The molecule has 0 aliphatic carbocycles. The molecule has 1 aromatic carbocycles. The highest BCUT2D eigenvalue weighted by Gasteiger charge is 2.08. The van der Waals surface area contributed by atoms with Gasteiger partial charge in [-0.3, -0.25) is 0 Å². The Labute approximate surface area is 116 Å². The Hall–Kier alpha value is -1.07. The quantitative estimate of drug-likeness (QED) is 0.843. The summed E-state index contributed by atoms with van der Waals surface area (Å²) in [4.78, 5) is 1.32. The van der Waals surface area contributed by atoms with Crippen LogP contribution in [-0.2, 0) is 5.75 Å². The maximum atomic E-state index is 4.18. The molecule has 18 heavy (non-hydrogen) atoms. The summed E-state index contributed by atoms with van der Waals surface area (Å²) in [5.41, 5.74) is 3.68. The lowest BCUT2D eigenvalue weighted by molar-refractivity contribution is 1.07. The zero-order chi connectivity index (χ0) is 13.0. The normalized spacial score (nSPS) is 10.6. The van der Waals surface area contributed by atoms with E-state index in [-0.39, 0.29) is 0 Å². The molecule has 3 nitrogen and oxygen atoms in total. The fourth-order valence-corrected chi connectivity index (χ4v) is 3.39. The van der Waals surface area contributed by atoms with Crippen LogP contribution in [0.5, 0.6) is 0 Å². The SMILES string of the molecule is CCNc1snnc1CSc1ccc(C)cc1C. The lowest BCUT2D eigenvalue weighted by Gasteiger charge is -2.06. The number of aryl methyl sites for hydroxylation is 2. The van der Waals surface area contributed by atoms with Gasteiger partial charge in [0.2, 0.25) is 0 Å². The number of hydrogen-bond donors (Lipinski definition) is 1. The van der Waals surface area contributed by atoms with Gasteiger partial charge in [0.05, 0.1) is 0 Å². The van der Waals surface area contributed by atoms with Crippen molar-refractivity contribution in [1.82, 2.24) is 9.59 Å². The van der Waals surface area contributed by atoms with Gasteiger partial charge in [-0.05, 0) is 32.4 Å². The fraction of sp³-hybridized carbons (Fsp3) is 0.385. The summed E-state index contributed by atoms with van der Waals surface area (Å²) in [5.74, 6) is 0.864. The first-order chi connectivity index (χ1) is 8.70. The topological polar surface area (TPSA) is 37.8 Å². The zero-order valence-corrected chi connectivity index (χ0v) is 12.5. The van der Waals surface area contributed by atoms with Crippen molar-refractivity contribution in [2.45, 2.75) is 31.4 Å². The molecule has 0 aliphatic rings. The van der Waals surface area contributed by atoms with E-state index in [0.29, 0.717) is 0 Å². The maximum Gasteiger partial charge on any atom is 0.134 e. The molecule has 0 amide bonds. The van der Waals surface area contributed by atoms with Crippen LogP contribution >= 0.6 is 23.3 Å². The predicted molar refractivity (Wildman–Crippen MR) is 79.5 cm³/mol. The molecule has 2 aromatic rings. The van der Waals surface area contributed by atoms with Crippen molar-refractivity contribution in [3.05, 3.63) is 35.0 Å². The Bertz CT molecular complexity index is 523. The van der Waals surface area contributed by atoms with Gasteiger partial charge in [0.25, 0.3) is 0 Å². The third kappa shape index (κ3) is 3.23. The monoisotopic (exact) mass is 279 g/mol. The van der Waals surface area contributed by atoms with Crippen LogP contribution < -0.4 is 5.32 Å². The Morgan fingerprint density at radius 1 is 1.33 bits per heavy atom. The maximum absolute atomic E-state index is 4.18. The third-order valence-electron chi connectivity index (χ3n) is 2.59. The molecule has 0 atom stereocenters. The van der Waals surface area contributed by atoms with Crippen LogP contribution in [-0.4, -0.2) is 16.1 Å². The van der Waals surface area contributed by atoms with E-state index in [9.17, 15) is 0 Å². The average molecular weight is 279 g/mol. The average Bonchev–Trinajstić information content (AvgIpc) is 2.76. The summed E-state index contributed by atoms with van der Waals surface area (Å²) in [5, 5.41) is 8.57. The van der Waals surface area contributed by atoms with E-state index in [0.717, 1.165) is 23.0 Å². The van der Waals surface area contributed by atoms with Gasteiger partial charge in [0.15, 0.2) is 0 Å². The summed E-state index contributed by atoms with van der Waals surface area (Å²) in [6.45, 7) is 7.26. The summed E-state index contributed by atoms with van der Waals surface area (Å²) in [6.07, 6.45) is 0. The molecule has 2 rings (SSSR count). The van der Waals surface area contributed by atoms with Gasteiger partial charge in [-0.25, -0.2) is 0 Å². The first-order valence-corrected chi connectivity index (χ1v) is 7.71. The highest BCUT2D eigenvalue weighted by molar-refractivity contribution is 7.98. The van der Waals surface area contributed by atoms with Gasteiger partial charge in [-0.2, -0.15) is 0 Å². The van der Waals surface area contributed by atoms with E-state index in [4.69, 9.17) is 0 Å². The van der Waals surface area contributed by atoms with Crippen molar-refractivity contribution < 1.29 is 0 Å². The molecule has 0 saturated carbocycles. The minimum atomic E-state index is 0.864. The summed E-state index contributed by atoms with van der Waals surface area (Å²) < 4.78 is 4.01. The van der Waals surface area contributed by atoms with Gasteiger partial charge in [-0.1, -0.05) is 22.2 Å². The van der Waals surface area contributed by atoms with Crippen molar-refractivity contribution in [1.29, 1.82) is 0 Å². The highest BCUT2D eigenvalue weighted by Crippen LogP contribution is 2.29. The van der Waals surface area contributed by atoms with Crippen LogP contribution in [0.1, 0.15) is 23.7 Å². The number of benzene rings is 1. The van der Waals surface area contributed by atoms with Gasteiger partial charge in [0, 0.05) is 28.7 Å². The smallest absolute Gasteiger partial charge is 0.134 e. The first kappa shape index (κ1) is 13.4. The Morgan fingerprint density at radius 2 is 2.17 bits per heavy atom.